The number of nitrogens with one attached hydrogen (secondary N) is 1. The SMILES string of the molecule is Nc1nc2c(ncn2[C@@H]2O[C@H](CO)C[C@H]2OP(O)(=S)OCC[C@H]2O[C@@H](c3cnc4c(N)ncnn34)C[C@@H]2O)c(=O)[nH]1. The van der Waals surface area contributed by atoms with Crippen molar-refractivity contribution < 1.29 is 33.6 Å². The Labute approximate surface area is 235 Å². The molecule has 2 saturated heterocycles. The summed E-state index contributed by atoms with van der Waals surface area (Å²) in [6.45, 7) is -4.23. The molecule has 2 aliphatic rings. The van der Waals surface area contributed by atoms with Crippen LogP contribution in [0.25, 0.3) is 16.8 Å². The lowest BCUT2D eigenvalue weighted by molar-refractivity contribution is -0.0471. The van der Waals surface area contributed by atoms with Crippen molar-refractivity contribution in [1.82, 2.24) is 39.1 Å². The van der Waals surface area contributed by atoms with Crippen molar-refractivity contribution in [2.45, 2.75) is 56.0 Å². The Hall–Kier alpha value is -3.13. The van der Waals surface area contributed by atoms with Crippen LogP contribution in [0.3, 0.4) is 0 Å². The Morgan fingerprint density at radius 1 is 1.22 bits per heavy atom. The second-order valence-corrected chi connectivity index (χ2v) is 12.4. The Morgan fingerprint density at radius 3 is 2.85 bits per heavy atom. The zero-order valence-electron chi connectivity index (χ0n) is 21.3. The molecule has 8 N–H and O–H groups in total. The van der Waals surface area contributed by atoms with Gasteiger partial charge >= 0.3 is 6.72 Å². The van der Waals surface area contributed by atoms with Gasteiger partial charge in [0, 0.05) is 19.3 Å². The zero-order chi connectivity index (χ0) is 28.9. The van der Waals surface area contributed by atoms with Crippen LogP contribution in [-0.4, -0.2) is 91.8 Å². The maximum atomic E-state index is 12.2. The predicted molar refractivity (Wildman–Crippen MR) is 144 cm³/mol. The number of rotatable bonds is 9. The van der Waals surface area contributed by atoms with Gasteiger partial charge in [0.05, 0.1) is 49.7 Å². The van der Waals surface area contributed by atoms with Crippen LogP contribution in [0.5, 0.6) is 0 Å². The first-order valence-electron chi connectivity index (χ1n) is 12.6. The average Bonchev–Trinajstić information content (AvgIpc) is 3.69. The molecule has 0 radical (unpaired) electrons. The Morgan fingerprint density at radius 2 is 2.05 bits per heavy atom. The van der Waals surface area contributed by atoms with E-state index in [1.165, 1.54) is 21.7 Å². The maximum Gasteiger partial charge on any atom is 0.324 e. The molecule has 4 aromatic rings. The highest BCUT2D eigenvalue weighted by molar-refractivity contribution is 8.07. The predicted octanol–water partition coefficient (Wildman–Crippen LogP) is -1.10. The summed E-state index contributed by atoms with van der Waals surface area (Å²) in [4.78, 5) is 41.7. The number of nitrogens with two attached hydrogens (primary N) is 2. The van der Waals surface area contributed by atoms with Gasteiger partial charge in [-0.25, -0.2) is 19.5 Å². The van der Waals surface area contributed by atoms with Crippen molar-refractivity contribution in [1.29, 1.82) is 0 Å². The highest BCUT2D eigenvalue weighted by atomic mass is 32.5. The lowest BCUT2D eigenvalue weighted by atomic mass is 10.1. The van der Waals surface area contributed by atoms with E-state index < -0.39 is 49.0 Å². The average molecular weight is 611 g/mol. The number of ether oxygens (including phenoxy) is 2. The summed E-state index contributed by atoms with van der Waals surface area (Å²) in [5, 5.41) is 24.4. The molecule has 4 aromatic heterocycles. The second-order valence-electron chi connectivity index (χ2n) is 9.61. The largest absolute Gasteiger partial charge is 0.394 e. The molecule has 2 aliphatic heterocycles. The van der Waals surface area contributed by atoms with Crippen LogP contribution in [0, 0.1) is 0 Å². The van der Waals surface area contributed by atoms with Crippen LogP contribution < -0.4 is 17.0 Å². The quantitative estimate of drug-likeness (QED) is 0.123. The number of aliphatic hydroxyl groups is 2. The van der Waals surface area contributed by atoms with Crippen LogP contribution in [0.4, 0.5) is 11.8 Å². The van der Waals surface area contributed by atoms with Gasteiger partial charge in [-0.15, -0.1) is 0 Å². The van der Waals surface area contributed by atoms with Crippen molar-refractivity contribution in [2.75, 3.05) is 24.7 Å². The summed E-state index contributed by atoms with van der Waals surface area (Å²) in [5.74, 6) is 0.102. The molecule has 0 spiro atoms. The number of hydrogen-bond donors (Lipinski definition) is 6. The summed E-state index contributed by atoms with van der Waals surface area (Å²) in [6.07, 6.45) is 0.479. The molecule has 6 heterocycles. The summed E-state index contributed by atoms with van der Waals surface area (Å²) in [7, 11) is 0. The van der Waals surface area contributed by atoms with Gasteiger partial charge in [0.2, 0.25) is 5.95 Å². The summed E-state index contributed by atoms with van der Waals surface area (Å²) in [6, 6.07) is 0. The number of imidazole rings is 2. The standard InChI is InChI=1S/C21H27N10O8PS/c22-16-18-24-5-10(31(18)27-7-25-16)13-4-11(33)12(38-13)1-2-36-40(35,41)39-14-3-9(6-32)37-20(14)30-8-26-15-17(30)28-21(23)29-19(15)34/h5,7-9,11-14,20,32-33H,1-4,6H2,(H,35,41)(H2,22,25,27)(H3,23,28,29,34)/t9-,11-,12+,13+,14+,20+,40?/m0/s1. The molecule has 6 rings (SSSR count). The molecule has 18 nitrogen and oxygen atoms in total. The fraction of sp³-hybridized carbons (Fsp3) is 0.524. The molecule has 0 saturated carbocycles. The van der Waals surface area contributed by atoms with Gasteiger partial charge in [-0.1, -0.05) is 0 Å². The smallest absolute Gasteiger partial charge is 0.324 e. The molecule has 2 fully saturated rings. The lowest BCUT2D eigenvalue weighted by Gasteiger charge is -2.25. The van der Waals surface area contributed by atoms with Gasteiger partial charge in [0.1, 0.15) is 18.5 Å². The third kappa shape index (κ3) is 5.43. The van der Waals surface area contributed by atoms with Gasteiger partial charge in [0.15, 0.2) is 28.9 Å². The van der Waals surface area contributed by atoms with Crippen molar-refractivity contribution in [3.63, 3.8) is 0 Å². The monoisotopic (exact) mass is 610 g/mol. The first-order valence-corrected chi connectivity index (χ1v) is 15.1. The number of nitrogen functional groups attached to an aromatic ring is 2. The number of aromatic amines is 1. The van der Waals surface area contributed by atoms with E-state index >= 15 is 0 Å². The maximum absolute atomic E-state index is 12.2. The van der Waals surface area contributed by atoms with E-state index in [9.17, 15) is 19.9 Å². The van der Waals surface area contributed by atoms with E-state index in [-0.39, 0.29) is 55.4 Å². The molecule has 41 heavy (non-hydrogen) atoms. The number of hydrogen-bond acceptors (Lipinski definition) is 15. The van der Waals surface area contributed by atoms with Crippen LogP contribution in [0.2, 0.25) is 0 Å². The molecule has 7 atom stereocenters. The van der Waals surface area contributed by atoms with Gasteiger partial charge in [-0.05, 0) is 11.8 Å². The van der Waals surface area contributed by atoms with Gasteiger partial charge in [-0.2, -0.15) is 10.1 Å². The second kappa shape index (κ2) is 10.9. The molecule has 220 valence electrons. The zero-order valence-corrected chi connectivity index (χ0v) is 23.0. The fourth-order valence-electron chi connectivity index (χ4n) is 5.04. The lowest BCUT2D eigenvalue weighted by Crippen LogP contribution is -2.24. The van der Waals surface area contributed by atoms with E-state index in [1.54, 1.807) is 6.20 Å². The van der Waals surface area contributed by atoms with E-state index in [0.29, 0.717) is 11.3 Å². The van der Waals surface area contributed by atoms with Crippen molar-refractivity contribution in [3.05, 3.63) is 34.9 Å². The van der Waals surface area contributed by atoms with Gasteiger partial charge < -0.3 is 45.1 Å². The topological polar surface area (TPSA) is 256 Å². The molecule has 0 bridgehead atoms. The molecule has 0 aliphatic carbocycles. The minimum absolute atomic E-state index is 0.0296. The van der Waals surface area contributed by atoms with Crippen molar-refractivity contribution in [3.8, 4) is 0 Å². The van der Waals surface area contributed by atoms with E-state index in [2.05, 4.69) is 30.0 Å². The highest BCUT2D eigenvalue weighted by Crippen LogP contribution is 2.50. The number of H-pyrrole nitrogens is 1. The Bertz CT molecular complexity index is 1680. The van der Waals surface area contributed by atoms with Crippen LogP contribution in [-0.2, 0) is 30.3 Å². The van der Waals surface area contributed by atoms with Crippen molar-refractivity contribution in [2.24, 2.45) is 0 Å². The first kappa shape index (κ1) is 28.0. The highest BCUT2D eigenvalue weighted by Gasteiger charge is 2.42. The number of fused-ring (bicyclic) bond motifs is 2. The number of anilines is 2. The third-order valence-electron chi connectivity index (χ3n) is 6.91. The third-order valence-corrected chi connectivity index (χ3v) is 8.53. The number of nitrogens with zero attached hydrogens (tertiary/aromatic N) is 7. The van der Waals surface area contributed by atoms with E-state index in [4.69, 9.17) is 41.8 Å². The molecular formula is C21H27N10O8PS. The van der Waals surface area contributed by atoms with Crippen LogP contribution in [0.1, 0.15) is 37.3 Å². The van der Waals surface area contributed by atoms with E-state index in [1.807, 2.05) is 0 Å². The minimum Gasteiger partial charge on any atom is -0.394 e. The van der Waals surface area contributed by atoms with E-state index in [0.717, 1.165) is 0 Å². The molecule has 0 aromatic carbocycles. The Kier molecular flexibility index (Phi) is 7.47. The molecule has 1 unspecified atom stereocenters. The van der Waals surface area contributed by atoms with Gasteiger partial charge in [-0.3, -0.25) is 14.3 Å². The summed E-state index contributed by atoms with van der Waals surface area (Å²) >= 11 is 5.25. The molecular weight excluding hydrogens is 583 g/mol. The van der Waals surface area contributed by atoms with Gasteiger partial charge in [0.25, 0.3) is 5.56 Å². The van der Waals surface area contributed by atoms with Crippen LogP contribution >= 0.6 is 6.72 Å². The molecule has 20 heteroatoms. The summed E-state index contributed by atoms with van der Waals surface area (Å²) in [5.41, 5.74) is 12.2. The number of aromatic nitrogens is 8. The van der Waals surface area contributed by atoms with Crippen molar-refractivity contribution >= 4 is 47.1 Å². The minimum atomic E-state index is -3.83. The fourth-order valence-corrected chi connectivity index (χ4v) is 6.52. The summed E-state index contributed by atoms with van der Waals surface area (Å²) < 4.78 is 26.2. The van der Waals surface area contributed by atoms with Crippen LogP contribution in [0.15, 0.2) is 23.6 Å². The molecule has 0 amide bonds. The number of aliphatic hydroxyl groups excluding tert-OH is 2. The first-order chi connectivity index (χ1) is 19.6. The normalized spacial score (nSPS) is 28.1. The Balaban J connectivity index is 1.10.